The second-order valence-corrected chi connectivity index (χ2v) is 7.77. The van der Waals surface area contributed by atoms with Crippen LogP contribution in [0.25, 0.3) is 0 Å². The van der Waals surface area contributed by atoms with Crippen LogP contribution in [0, 0.1) is 18.8 Å². The molecular formula is C18H23N3O3S. The Balaban J connectivity index is 1.59. The van der Waals surface area contributed by atoms with Crippen LogP contribution in [-0.2, 0) is 11.2 Å². The van der Waals surface area contributed by atoms with Gasteiger partial charge in [0.25, 0.3) is 5.91 Å². The first-order valence-electron chi connectivity index (χ1n) is 8.50. The number of hydrogen-bond acceptors (Lipinski definition) is 5. The zero-order chi connectivity index (χ0) is 18.0. The van der Waals surface area contributed by atoms with E-state index >= 15 is 0 Å². The number of hydrogen-bond donors (Lipinski definition) is 1. The molecule has 1 N–H and O–H groups in total. The van der Waals surface area contributed by atoms with Crippen LogP contribution < -0.4 is 5.32 Å². The highest BCUT2D eigenvalue weighted by molar-refractivity contribution is 7.14. The molecule has 3 heterocycles. The van der Waals surface area contributed by atoms with Crippen molar-refractivity contribution in [1.82, 2.24) is 9.88 Å². The standard InChI is InChI=1S/C18H23N3O3S/c1-11-6-12(2)9-21(8-11)16(22)7-14-10-25-18(19-14)20-17(23)15-4-5-24-13(15)3/h4-5,10-12H,6-9H2,1-3H3,(H,19,20,23). The lowest BCUT2D eigenvalue weighted by atomic mass is 9.92. The van der Waals surface area contributed by atoms with Crippen LogP contribution in [0.4, 0.5) is 5.13 Å². The van der Waals surface area contributed by atoms with Crippen LogP contribution in [0.2, 0.25) is 0 Å². The number of nitrogens with one attached hydrogen (secondary N) is 1. The van der Waals surface area contributed by atoms with Gasteiger partial charge in [-0.05, 0) is 31.2 Å². The lowest BCUT2D eigenvalue weighted by molar-refractivity contribution is -0.133. The first-order chi connectivity index (χ1) is 11.9. The van der Waals surface area contributed by atoms with Crippen molar-refractivity contribution < 1.29 is 14.0 Å². The number of anilines is 1. The molecule has 1 fully saturated rings. The van der Waals surface area contributed by atoms with Crippen LogP contribution in [-0.4, -0.2) is 34.8 Å². The summed E-state index contributed by atoms with van der Waals surface area (Å²) in [6.45, 7) is 7.74. The molecule has 7 heteroatoms. The average Bonchev–Trinajstić information content (AvgIpc) is 3.15. The van der Waals surface area contributed by atoms with Gasteiger partial charge in [-0.3, -0.25) is 14.9 Å². The monoisotopic (exact) mass is 361 g/mol. The summed E-state index contributed by atoms with van der Waals surface area (Å²) in [7, 11) is 0. The van der Waals surface area contributed by atoms with Gasteiger partial charge in [0.1, 0.15) is 5.76 Å². The fourth-order valence-corrected chi connectivity index (χ4v) is 4.07. The minimum atomic E-state index is -0.253. The van der Waals surface area contributed by atoms with E-state index in [0.717, 1.165) is 13.1 Å². The van der Waals surface area contributed by atoms with Gasteiger partial charge in [0.05, 0.1) is 23.9 Å². The molecule has 0 bridgehead atoms. The normalized spacial score (nSPS) is 20.5. The maximum atomic E-state index is 12.5. The molecule has 1 saturated heterocycles. The largest absolute Gasteiger partial charge is 0.469 e. The SMILES string of the molecule is Cc1occc1C(=O)Nc1nc(CC(=O)N2CC(C)CC(C)C2)cs1. The van der Waals surface area contributed by atoms with Gasteiger partial charge >= 0.3 is 0 Å². The Kier molecular flexibility index (Phi) is 5.22. The highest BCUT2D eigenvalue weighted by atomic mass is 32.1. The molecule has 6 nitrogen and oxygen atoms in total. The molecule has 3 rings (SSSR count). The third-order valence-corrected chi connectivity index (χ3v) is 5.24. The second-order valence-electron chi connectivity index (χ2n) is 6.91. The van der Waals surface area contributed by atoms with Gasteiger partial charge in [-0.1, -0.05) is 13.8 Å². The third-order valence-electron chi connectivity index (χ3n) is 4.43. The molecular weight excluding hydrogens is 338 g/mol. The van der Waals surface area contributed by atoms with Crippen LogP contribution in [0.15, 0.2) is 22.1 Å². The van der Waals surface area contributed by atoms with Crippen LogP contribution in [0.5, 0.6) is 0 Å². The van der Waals surface area contributed by atoms with Crippen LogP contribution in [0.3, 0.4) is 0 Å². The lowest BCUT2D eigenvalue weighted by Crippen LogP contribution is -2.43. The number of piperidine rings is 1. The molecule has 134 valence electrons. The van der Waals surface area contributed by atoms with E-state index in [2.05, 4.69) is 24.1 Å². The Morgan fingerprint density at radius 1 is 1.36 bits per heavy atom. The number of thiazole rings is 1. The quantitative estimate of drug-likeness (QED) is 0.906. The molecule has 1 aliphatic heterocycles. The van der Waals surface area contributed by atoms with Gasteiger partial charge in [0.2, 0.25) is 5.91 Å². The molecule has 0 radical (unpaired) electrons. The van der Waals surface area contributed by atoms with Crippen molar-refractivity contribution in [2.45, 2.75) is 33.6 Å². The van der Waals surface area contributed by atoms with Gasteiger partial charge in [-0.15, -0.1) is 11.3 Å². The van der Waals surface area contributed by atoms with Gasteiger partial charge in [0.15, 0.2) is 5.13 Å². The summed E-state index contributed by atoms with van der Waals surface area (Å²) < 4.78 is 5.14. The van der Waals surface area contributed by atoms with E-state index < -0.39 is 0 Å². The first-order valence-corrected chi connectivity index (χ1v) is 9.38. The number of rotatable bonds is 4. The van der Waals surface area contributed by atoms with Crippen molar-refractivity contribution in [1.29, 1.82) is 0 Å². The molecule has 0 spiro atoms. The Morgan fingerprint density at radius 2 is 2.08 bits per heavy atom. The number of furan rings is 1. The minimum absolute atomic E-state index is 0.104. The average molecular weight is 361 g/mol. The summed E-state index contributed by atoms with van der Waals surface area (Å²) in [5.74, 6) is 1.49. The summed E-state index contributed by atoms with van der Waals surface area (Å²) >= 11 is 1.33. The second kappa shape index (κ2) is 7.39. The predicted octanol–water partition coefficient (Wildman–Crippen LogP) is 3.34. The fraction of sp³-hybridized carbons (Fsp3) is 0.500. The van der Waals surface area contributed by atoms with Gasteiger partial charge in [-0.25, -0.2) is 4.98 Å². The molecule has 2 aromatic rings. The molecule has 0 aliphatic carbocycles. The maximum absolute atomic E-state index is 12.5. The number of likely N-dealkylation sites (tertiary alicyclic amines) is 1. The number of carbonyl (C=O) groups excluding carboxylic acids is 2. The maximum Gasteiger partial charge on any atom is 0.260 e. The Bertz CT molecular complexity index is 757. The summed E-state index contributed by atoms with van der Waals surface area (Å²) in [5, 5.41) is 5.08. The topological polar surface area (TPSA) is 75.4 Å². The van der Waals surface area contributed by atoms with Crippen molar-refractivity contribution >= 4 is 28.3 Å². The molecule has 0 aromatic carbocycles. The summed E-state index contributed by atoms with van der Waals surface area (Å²) in [6, 6.07) is 1.63. The molecule has 1 aliphatic rings. The third kappa shape index (κ3) is 4.28. The van der Waals surface area contributed by atoms with Crippen molar-refractivity contribution in [2.24, 2.45) is 11.8 Å². The highest BCUT2D eigenvalue weighted by Gasteiger charge is 2.25. The van der Waals surface area contributed by atoms with Gasteiger partial charge in [0, 0.05) is 18.5 Å². The zero-order valence-corrected chi connectivity index (χ0v) is 15.6. The summed E-state index contributed by atoms with van der Waals surface area (Å²) in [6.07, 6.45) is 2.93. The molecule has 2 atom stereocenters. The van der Waals surface area contributed by atoms with Crippen molar-refractivity contribution in [3.63, 3.8) is 0 Å². The van der Waals surface area contributed by atoms with E-state index in [1.165, 1.54) is 24.0 Å². The molecule has 25 heavy (non-hydrogen) atoms. The number of aryl methyl sites for hydroxylation is 1. The van der Waals surface area contributed by atoms with E-state index in [0.29, 0.717) is 34.0 Å². The van der Waals surface area contributed by atoms with Crippen LogP contribution >= 0.6 is 11.3 Å². The van der Waals surface area contributed by atoms with E-state index in [-0.39, 0.29) is 18.2 Å². The number of nitrogens with zero attached hydrogens (tertiary/aromatic N) is 2. The number of aromatic nitrogens is 1. The number of amides is 2. The predicted molar refractivity (Wildman–Crippen MR) is 96.7 cm³/mol. The summed E-state index contributed by atoms with van der Waals surface area (Å²) in [5.41, 5.74) is 1.18. The summed E-state index contributed by atoms with van der Waals surface area (Å²) in [4.78, 5) is 31.0. The van der Waals surface area contributed by atoms with E-state index in [1.54, 1.807) is 13.0 Å². The minimum Gasteiger partial charge on any atom is -0.469 e. The Morgan fingerprint density at radius 3 is 2.72 bits per heavy atom. The van der Waals surface area contributed by atoms with E-state index in [4.69, 9.17) is 4.42 Å². The van der Waals surface area contributed by atoms with E-state index in [1.807, 2.05) is 10.3 Å². The highest BCUT2D eigenvalue weighted by Crippen LogP contribution is 2.23. The first kappa shape index (κ1) is 17.7. The van der Waals surface area contributed by atoms with Crippen LogP contribution in [0.1, 0.15) is 42.1 Å². The lowest BCUT2D eigenvalue weighted by Gasteiger charge is -2.35. The molecule has 2 amide bonds. The Labute approximate surface area is 151 Å². The van der Waals surface area contributed by atoms with Gasteiger partial charge in [-0.2, -0.15) is 0 Å². The Hall–Kier alpha value is -2.15. The molecule has 2 unspecified atom stereocenters. The fourth-order valence-electron chi connectivity index (χ4n) is 3.36. The van der Waals surface area contributed by atoms with Gasteiger partial charge < -0.3 is 9.32 Å². The number of carbonyl (C=O) groups is 2. The van der Waals surface area contributed by atoms with Crippen molar-refractivity contribution in [3.8, 4) is 0 Å². The van der Waals surface area contributed by atoms with Crippen molar-refractivity contribution in [3.05, 3.63) is 34.7 Å². The van der Waals surface area contributed by atoms with Crippen molar-refractivity contribution in [2.75, 3.05) is 18.4 Å². The molecule has 2 aromatic heterocycles. The zero-order valence-electron chi connectivity index (χ0n) is 14.7. The smallest absolute Gasteiger partial charge is 0.260 e. The molecule has 0 saturated carbocycles. The van der Waals surface area contributed by atoms with E-state index in [9.17, 15) is 9.59 Å².